The number of benzene rings is 1. The van der Waals surface area contributed by atoms with E-state index in [-0.39, 0.29) is 12.0 Å². The van der Waals surface area contributed by atoms with Crippen LogP contribution in [0.4, 0.5) is 13.2 Å². The van der Waals surface area contributed by atoms with Gasteiger partial charge in [-0.25, -0.2) is 9.98 Å². The smallest absolute Gasteiger partial charge is 0.367 e. The highest BCUT2D eigenvalue weighted by Crippen LogP contribution is 2.25. The van der Waals surface area contributed by atoms with Crippen molar-refractivity contribution in [3.8, 4) is 0 Å². The van der Waals surface area contributed by atoms with Gasteiger partial charge in [-0.3, -0.25) is 0 Å². The molecule has 0 atom stereocenters. The van der Waals surface area contributed by atoms with E-state index in [1.54, 1.807) is 23.5 Å². The molecule has 0 saturated heterocycles. The van der Waals surface area contributed by atoms with Crippen LogP contribution in [0.15, 0.2) is 34.6 Å². The van der Waals surface area contributed by atoms with Gasteiger partial charge in [0.25, 0.3) is 0 Å². The first-order chi connectivity index (χ1) is 14.1. The highest BCUT2D eigenvalue weighted by atomic mass is 32.1. The Bertz CT molecular complexity index is 811. The van der Waals surface area contributed by atoms with Crippen molar-refractivity contribution in [2.24, 2.45) is 4.99 Å². The molecule has 0 bridgehead atoms. The molecular formula is C21H29F3N4OS. The molecule has 2 rings (SSSR count). The maximum Gasteiger partial charge on any atom is 0.411 e. The Hall–Kier alpha value is -2.13. The number of aliphatic imine (C=N–C) groups is 1. The standard InChI is InChI=1S/C21H29F3N4OS/c1-5-25-19(27-11-17-13-30-18(28-17)20(2,3)4)26-10-15-6-8-16(9-7-15)12-29-14-21(22,23)24/h6-9,13H,5,10-12,14H2,1-4H3,(H2,25,26,27). The molecule has 30 heavy (non-hydrogen) atoms. The molecule has 0 aliphatic rings. The molecule has 0 unspecified atom stereocenters. The zero-order valence-electron chi connectivity index (χ0n) is 17.8. The van der Waals surface area contributed by atoms with Crippen molar-refractivity contribution in [3.63, 3.8) is 0 Å². The summed E-state index contributed by atoms with van der Waals surface area (Å²) in [6, 6.07) is 7.19. The third kappa shape index (κ3) is 8.71. The van der Waals surface area contributed by atoms with Crippen molar-refractivity contribution in [2.75, 3.05) is 13.2 Å². The number of nitrogens with one attached hydrogen (secondary N) is 2. The Morgan fingerprint density at radius 3 is 2.33 bits per heavy atom. The van der Waals surface area contributed by atoms with Gasteiger partial charge in [-0.1, -0.05) is 45.0 Å². The molecule has 0 radical (unpaired) electrons. The van der Waals surface area contributed by atoms with E-state index in [0.717, 1.165) is 22.8 Å². The molecule has 2 aromatic rings. The fourth-order valence-electron chi connectivity index (χ4n) is 2.44. The SMILES string of the molecule is CCNC(=NCc1ccc(COCC(F)(F)F)cc1)NCc1csc(C(C)(C)C)n1. The van der Waals surface area contributed by atoms with Crippen molar-refractivity contribution in [1.29, 1.82) is 0 Å². The fraction of sp³-hybridized carbons (Fsp3) is 0.524. The summed E-state index contributed by atoms with van der Waals surface area (Å²) >= 11 is 1.66. The fourth-order valence-corrected chi connectivity index (χ4v) is 3.35. The van der Waals surface area contributed by atoms with E-state index in [9.17, 15) is 13.2 Å². The molecule has 0 spiro atoms. The third-order valence-corrected chi connectivity index (χ3v) is 5.27. The van der Waals surface area contributed by atoms with Gasteiger partial charge in [0.2, 0.25) is 0 Å². The number of rotatable bonds is 8. The van der Waals surface area contributed by atoms with Gasteiger partial charge in [0.15, 0.2) is 5.96 Å². The zero-order chi connectivity index (χ0) is 22.2. The topological polar surface area (TPSA) is 58.5 Å². The van der Waals surface area contributed by atoms with E-state index in [1.165, 1.54) is 0 Å². The summed E-state index contributed by atoms with van der Waals surface area (Å²) in [5.74, 6) is 0.681. The number of halogens is 3. The predicted octanol–water partition coefficient (Wildman–Crippen LogP) is 4.77. The van der Waals surface area contributed by atoms with Crippen LogP contribution in [0.2, 0.25) is 0 Å². The Balaban J connectivity index is 1.88. The molecule has 1 aromatic heterocycles. The first-order valence-corrected chi connectivity index (χ1v) is 10.6. The highest BCUT2D eigenvalue weighted by Gasteiger charge is 2.27. The number of alkyl halides is 3. The summed E-state index contributed by atoms with van der Waals surface area (Å²) < 4.78 is 41.1. The lowest BCUT2D eigenvalue weighted by molar-refractivity contribution is -0.176. The summed E-state index contributed by atoms with van der Waals surface area (Å²) in [5.41, 5.74) is 2.65. The van der Waals surface area contributed by atoms with E-state index in [4.69, 9.17) is 0 Å². The summed E-state index contributed by atoms with van der Waals surface area (Å²) in [5, 5.41) is 9.63. The molecule has 0 fully saturated rings. The monoisotopic (exact) mass is 442 g/mol. The molecule has 2 N–H and O–H groups in total. The lowest BCUT2D eigenvalue weighted by Gasteiger charge is -2.14. The largest absolute Gasteiger partial charge is 0.411 e. The van der Waals surface area contributed by atoms with Crippen LogP contribution in [0, 0.1) is 0 Å². The lowest BCUT2D eigenvalue weighted by atomic mass is 9.98. The minimum Gasteiger partial charge on any atom is -0.367 e. The molecule has 9 heteroatoms. The number of hydrogen-bond acceptors (Lipinski definition) is 4. The van der Waals surface area contributed by atoms with E-state index >= 15 is 0 Å². The lowest BCUT2D eigenvalue weighted by Crippen LogP contribution is -2.36. The summed E-state index contributed by atoms with van der Waals surface area (Å²) in [7, 11) is 0. The number of nitrogens with zero attached hydrogens (tertiary/aromatic N) is 2. The third-order valence-electron chi connectivity index (χ3n) is 3.95. The summed E-state index contributed by atoms with van der Waals surface area (Å²) in [6.07, 6.45) is -4.31. The van der Waals surface area contributed by atoms with Crippen LogP contribution in [0.3, 0.4) is 0 Å². The van der Waals surface area contributed by atoms with E-state index in [2.05, 4.69) is 51.5 Å². The average Bonchev–Trinajstić information content (AvgIpc) is 3.13. The second kappa shape index (κ2) is 10.8. The van der Waals surface area contributed by atoms with Gasteiger partial charge in [-0.15, -0.1) is 11.3 Å². The number of guanidine groups is 1. The van der Waals surface area contributed by atoms with Crippen LogP contribution in [0.5, 0.6) is 0 Å². The minimum absolute atomic E-state index is 0.0332. The molecule has 1 aromatic carbocycles. The van der Waals surface area contributed by atoms with Crippen molar-refractivity contribution in [3.05, 3.63) is 51.5 Å². The van der Waals surface area contributed by atoms with Crippen molar-refractivity contribution < 1.29 is 17.9 Å². The van der Waals surface area contributed by atoms with Crippen molar-refractivity contribution in [1.82, 2.24) is 15.6 Å². The molecule has 166 valence electrons. The first kappa shape index (κ1) is 24.1. The maximum absolute atomic E-state index is 12.1. The molecule has 1 heterocycles. The summed E-state index contributed by atoms with van der Waals surface area (Å²) in [4.78, 5) is 9.24. The highest BCUT2D eigenvalue weighted by molar-refractivity contribution is 7.09. The van der Waals surface area contributed by atoms with Crippen LogP contribution in [0.25, 0.3) is 0 Å². The van der Waals surface area contributed by atoms with Gasteiger partial charge in [0.05, 0.1) is 30.4 Å². The number of thiazole rings is 1. The van der Waals surface area contributed by atoms with E-state index in [0.29, 0.717) is 24.6 Å². The molecule has 5 nitrogen and oxygen atoms in total. The van der Waals surface area contributed by atoms with Gasteiger partial charge in [-0.05, 0) is 18.1 Å². The van der Waals surface area contributed by atoms with Crippen LogP contribution < -0.4 is 10.6 Å². The van der Waals surface area contributed by atoms with Crippen LogP contribution in [-0.2, 0) is 29.8 Å². The van der Waals surface area contributed by atoms with Gasteiger partial charge in [-0.2, -0.15) is 13.2 Å². The van der Waals surface area contributed by atoms with Crippen LogP contribution in [0.1, 0.15) is 49.5 Å². The van der Waals surface area contributed by atoms with Crippen molar-refractivity contribution in [2.45, 2.75) is 59.0 Å². The van der Waals surface area contributed by atoms with Gasteiger partial charge >= 0.3 is 6.18 Å². The van der Waals surface area contributed by atoms with Gasteiger partial charge in [0.1, 0.15) is 6.61 Å². The number of hydrogen-bond donors (Lipinski definition) is 2. The quantitative estimate of drug-likeness (QED) is 0.457. The Morgan fingerprint density at radius 2 is 1.77 bits per heavy atom. The second-order valence-electron chi connectivity index (χ2n) is 7.87. The zero-order valence-corrected chi connectivity index (χ0v) is 18.6. The number of ether oxygens (including phenoxy) is 1. The van der Waals surface area contributed by atoms with Crippen LogP contribution >= 0.6 is 11.3 Å². The first-order valence-electron chi connectivity index (χ1n) is 9.76. The Labute approximate surface area is 179 Å². The van der Waals surface area contributed by atoms with Gasteiger partial charge in [0, 0.05) is 17.3 Å². The van der Waals surface area contributed by atoms with Crippen molar-refractivity contribution >= 4 is 17.3 Å². The second-order valence-corrected chi connectivity index (χ2v) is 8.73. The van der Waals surface area contributed by atoms with Crippen LogP contribution in [-0.4, -0.2) is 30.3 Å². The normalized spacial score (nSPS) is 12.8. The minimum atomic E-state index is -4.31. The predicted molar refractivity (Wildman–Crippen MR) is 115 cm³/mol. The molecule has 0 saturated carbocycles. The molecular weight excluding hydrogens is 413 g/mol. The maximum atomic E-state index is 12.1. The molecule has 0 amide bonds. The van der Waals surface area contributed by atoms with Gasteiger partial charge < -0.3 is 15.4 Å². The average molecular weight is 443 g/mol. The molecule has 0 aliphatic heterocycles. The van der Waals surface area contributed by atoms with E-state index in [1.807, 2.05) is 19.1 Å². The summed E-state index contributed by atoms with van der Waals surface area (Å²) in [6.45, 7) is 8.85. The van der Waals surface area contributed by atoms with E-state index < -0.39 is 12.8 Å². The Morgan fingerprint density at radius 1 is 1.10 bits per heavy atom. The number of aromatic nitrogens is 1. The molecule has 0 aliphatic carbocycles. The Kier molecular flexibility index (Phi) is 8.66.